The maximum absolute atomic E-state index is 14.5. The van der Waals surface area contributed by atoms with Crippen LogP contribution in [-0.2, 0) is 10.3 Å². The molecule has 1 fully saturated rings. The lowest BCUT2D eigenvalue weighted by Gasteiger charge is -2.47. The first-order chi connectivity index (χ1) is 15.9. The number of hydrogen-bond acceptors (Lipinski definition) is 4. The van der Waals surface area contributed by atoms with Crippen LogP contribution in [0.25, 0.3) is 0 Å². The summed E-state index contributed by atoms with van der Waals surface area (Å²) < 4.78 is 6.25. The topological polar surface area (TPSA) is 58.6 Å². The molecule has 1 N–H and O–H groups in total. The molecule has 3 heterocycles. The van der Waals surface area contributed by atoms with Crippen LogP contribution in [0.3, 0.4) is 0 Å². The summed E-state index contributed by atoms with van der Waals surface area (Å²) in [4.78, 5) is 30.4. The number of carbonyl (C=O) groups excluding carboxylic acids is 2. The minimum absolute atomic E-state index is 0.0693. The molecule has 3 aliphatic heterocycles. The van der Waals surface area contributed by atoms with Crippen LogP contribution in [0.5, 0.6) is 5.75 Å². The standard InChI is InChI=1S/C26H20Cl2N2O3/c1-30-13-18(15-10-11-19(27)20(28)12-15)25(14-33-22-9-5-2-6-16(22)23(25)31)26(30)17-7-3-4-8-21(17)29-24(26)32/h2-12,18H,13-14H2,1H3,(H,29,32)/t18-,25+,26+/m1/s1. The summed E-state index contributed by atoms with van der Waals surface area (Å²) in [7, 11) is 1.90. The fourth-order valence-electron chi connectivity index (χ4n) is 6.15. The number of nitrogens with zero attached hydrogens (tertiary/aromatic N) is 1. The van der Waals surface area contributed by atoms with E-state index in [-0.39, 0.29) is 24.2 Å². The molecule has 0 aliphatic carbocycles. The molecule has 2 spiro atoms. The largest absolute Gasteiger partial charge is 0.492 e. The van der Waals surface area contributed by atoms with Crippen molar-refractivity contribution in [1.29, 1.82) is 0 Å². The van der Waals surface area contributed by atoms with Crippen molar-refractivity contribution in [3.8, 4) is 5.75 Å². The first-order valence-electron chi connectivity index (χ1n) is 10.7. The second-order valence-electron chi connectivity index (χ2n) is 8.90. The number of carbonyl (C=O) groups is 2. The molecule has 3 aromatic carbocycles. The van der Waals surface area contributed by atoms with Gasteiger partial charge in [0, 0.05) is 23.7 Å². The predicted molar refractivity (Wildman–Crippen MR) is 127 cm³/mol. The van der Waals surface area contributed by atoms with E-state index in [1.807, 2.05) is 54.4 Å². The molecular weight excluding hydrogens is 459 g/mol. The van der Waals surface area contributed by atoms with Gasteiger partial charge in [-0.15, -0.1) is 0 Å². The predicted octanol–water partition coefficient (Wildman–Crippen LogP) is 5.13. The molecule has 7 heteroatoms. The number of hydrogen-bond donors (Lipinski definition) is 1. The van der Waals surface area contributed by atoms with Crippen LogP contribution in [0.1, 0.15) is 27.4 Å². The van der Waals surface area contributed by atoms with Gasteiger partial charge in [-0.25, -0.2) is 0 Å². The molecule has 0 radical (unpaired) electrons. The average molecular weight is 479 g/mol. The van der Waals surface area contributed by atoms with Crippen LogP contribution >= 0.6 is 23.2 Å². The molecule has 0 bridgehead atoms. The lowest BCUT2D eigenvalue weighted by atomic mass is 9.57. The fourth-order valence-corrected chi connectivity index (χ4v) is 6.45. The van der Waals surface area contributed by atoms with Gasteiger partial charge >= 0.3 is 0 Å². The normalized spacial score (nSPS) is 28.0. The molecule has 6 rings (SSSR count). The van der Waals surface area contributed by atoms with Crippen molar-refractivity contribution in [1.82, 2.24) is 4.90 Å². The molecule has 166 valence electrons. The van der Waals surface area contributed by atoms with E-state index in [2.05, 4.69) is 5.32 Å². The number of halogens is 2. The Morgan fingerprint density at radius 2 is 1.76 bits per heavy atom. The molecule has 0 saturated carbocycles. The monoisotopic (exact) mass is 478 g/mol. The SMILES string of the molecule is CN1C[C@H](c2ccc(Cl)c(Cl)c2)[C@]2(COc3ccccc3C2=O)[C@]12C(=O)Nc1ccccc12. The number of rotatable bonds is 1. The van der Waals surface area contributed by atoms with E-state index < -0.39 is 11.0 Å². The highest BCUT2D eigenvalue weighted by Crippen LogP contribution is 2.64. The van der Waals surface area contributed by atoms with Crippen molar-refractivity contribution in [3.05, 3.63) is 93.5 Å². The van der Waals surface area contributed by atoms with E-state index >= 15 is 0 Å². The highest BCUT2D eigenvalue weighted by Gasteiger charge is 2.75. The van der Waals surface area contributed by atoms with E-state index in [1.165, 1.54) is 0 Å². The summed E-state index contributed by atoms with van der Waals surface area (Å²) in [5.41, 5.74) is 0.406. The summed E-state index contributed by atoms with van der Waals surface area (Å²) in [6.07, 6.45) is 0. The number of amides is 1. The number of likely N-dealkylation sites (tertiary alicyclic amines) is 1. The molecule has 3 aromatic rings. The third-order valence-electron chi connectivity index (χ3n) is 7.50. The minimum atomic E-state index is -1.23. The molecule has 33 heavy (non-hydrogen) atoms. The highest BCUT2D eigenvalue weighted by molar-refractivity contribution is 6.42. The number of nitrogens with one attached hydrogen (secondary N) is 1. The van der Waals surface area contributed by atoms with Gasteiger partial charge in [-0.05, 0) is 42.9 Å². The van der Waals surface area contributed by atoms with Crippen molar-refractivity contribution in [2.75, 3.05) is 25.5 Å². The molecule has 5 nitrogen and oxygen atoms in total. The molecular formula is C26H20Cl2N2O3. The summed E-state index contributed by atoms with van der Waals surface area (Å²) >= 11 is 12.6. The Balaban J connectivity index is 1.67. The Kier molecular flexibility index (Phi) is 4.44. The van der Waals surface area contributed by atoms with Gasteiger partial charge < -0.3 is 10.1 Å². The quantitative estimate of drug-likeness (QED) is 0.526. The van der Waals surface area contributed by atoms with Crippen LogP contribution in [-0.4, -0.2) is 36.8 Å². The Hall–Kier alpha value is -2.86. The van der Waals surface area contributed by atoms with Crippen molar-refractivity contribution in [2.24, 2.45) is 5.41 Å². The zero-order chi connectivity index (χ0) is 23.0. The first kappa shape index (κ1) is 20.7. The summed E-state index contributed by atoms with van der Waals surface area (Å²) in [6.45, 7) is 0.539. The smallest absolute Gasteiger partial charge is 0.250 e. The number of para-hydroxylation sites is 2. The van der Waals surface area contributed by atoms with Crippen molar-refractivity contribution < 1.29 is 14.3 Å². The molecule has 3 atom stereocenters. The van der Waals surface area contributed by atoms with Gasteiger partial charge in [0.25, 0.3) is 5.91 Å². The van der Waals surface area contributed by atoms with Gasteiger partial charge in [-0.1, -0.05) is 59.6 Å². The maximum Gasteiger partial charge on any atom is 0.250 e. The van der Waals surface area contributed by atoms with Gasteiger partial charge in [0.1, 0.15) is 23.3 Å². The van der Waals surface area contributed by atoms with Gasteiger partial charge in [0.2, 0.25) is 0 Å². The minimum Gasteiger partial charge on any atom is -0.492 e. The third-order valence-corrected chi connectivity index (χ3v) is 8.24. The second-order valence-corrected chi connectivity index (χ2v) is 9.72. The lowest BCUT2D eigenvalue weighted by Crippen LogP contribution is -2.62. The zero-order valence-corrected chi connectivity index (χ0v) is 19.3. The first-order valence-corrected chi connectivity index (χ1v) is 11.5. The Morgan fingerprint density at radius 3 is 2.58 bits per heavy atom. The van der Waals surface area contributed by atoms with Crippen molar-refractivity contribution >= 4 is 40.6 Å². The van der Waals surface area contributed by atoms with Crippen molar-refractivity contribution in [3.63, 3.8) is 0 Å². The van der Waals surface area contributed by atoms with Gasteiger partial charge in [0.05, 0.1) is 15.6 Å². The van der Waals surface area contributed by atoms with E-state index in [4.69, 9.17) is 27.9 Å². The fraction of sp³-hybridized carbons (Fsp3) is 0.231. The van der Waals surface area contributed by atoms with Gasteiger partial charge in [-0.2, -0.15) is 0 Å². The van der Waals surface area contributed by atoms with E-state index in [0.29, 0.717) is 27.9 Å². The maximum atomic E-state index is 14.5. The molecule has 0 unspecified atom stereocenters. The Bertz CT molecular complexity index is 1340. The van der Waals surface area contributed by atoms with E-state index in [0.717, 1.165) is 16.8 Å². The molecule has 1 saturated heterocycles. The number of ketones is 1. The summed E-state index contributed by atoms with van der Waals surface area (Å²) in [5.74, 6) is -0.130. The van der Waals surface area contributed by atoms with Gasteiger partial charge in [0.15, 0.2) is 5.78 Å². The number of Topliss-reactive ketones (excluding diaryl/α,β-unsaturated/α-hetero) is 1. The Morgan fingerprint density at radius 1 is 1.00 bits per heavy atom. The number of anilines is 1. The highest BCUT2D eigenvalue weighted by atomic mass is 35.5. The molecule has 1 amide bonds. The zero-order valence-electron chi connectivity index (χ0n) is 17.8. The Labute approximate surface area is 201 Å². The number of benzene rings is 3. The van der Waals surface area contributed by atoms with Crippen LogP contribution in [0, 0.1) is 5.41 Å². The molecule has 3 aliphatic rings. The summed E-state index contributed by atoms with van der Waals surface area (Å²) in [6, 6.07) is 20.2. The lowest BCUT2D eigenvalue weighted by molar-refractivity contribution is -0.131. The van der Waals surface area contributed by atoms with Crippen molar-refractivity contribution in [2.45, 2.75) is 11.5 Å². The van der Waals surface area contributed by atoms with Crippen LogP contribution < -0.4 is 10.1 Å². The van der Waals surface area contributed by atoms with Crippen LogP contribution in [0.4, 0.5) is 5.69 Å². The van der Waals surface area contributed by atoms with Gasteiger partial charge in [-0.3, -0.25) is 14.5 Å². The number of likely N-dealkylation sites (N-methyl/N-ethyl adjacent to an activating group) is 1. The van der Waals surface area contributed by atoms with Crippen LogP contribution in [0.2, 0.25) is 10.0 Å². The number of ether oxygens (including phenoxy) is 1. The van der Waals surface area contributed by atoms with E-state index in [1.54, 1.807) is 24.3 Å². The number of fused-ring (bicyclic) bond motifs is 4. The average Bonchev–Trinajstić information content (AvgIpc) is 3.27. The summed E-state index contributed by atoms with van der Waals surface area (Å²) in [5, 5.41) is 3.89. The second kappa shape index (κ2) is 7.07. The third kappa shape index (κ3) is 2.47. The van der Waals surface area contributed by atoms with E-state index in [9.17, 15) is 9.59 Å². The molecule has 0 aromatic heterocycles. The van der Waals surface area contributed by atoms with Crippen LogP contribution in [0.15, 0.2) is 66.7 Å².